The van der Waals surface area contributed by atoms with E-state index in [2.05, 4.69) is 9.97 Å². The van der Waals surface area contributed by atoms with Crippen molar-refractivity contribution in [2.75, 3.05) is 19.3 Å². The highest BCUT2D eigenvalue weighted by molar-refractivity contribution is 5.96. The number of hydrogen-bond donors (Lipinski definition) is 2. The molecule has 3 N–H and O–H groups in total. The van der Waals surface area contributed by atoms with Crippen LogP contribution in [0.3, 0.4) is 0 Å². The minimum atomic E-state index is -0.441. The van der Waals surface area contributed by atoms with Crippen LogP contribution in [-0.4, -0.2) is 45.6 Å². The van der Waals surface area contributed by atoms with Gasteiger partial charge in [-0.15, -0.1) is 0 Å². The predicted molar refractivity (Wildman–Crippen MR) is 73.8 cm³/mol. The van der Waals surface area contributed by atoms with Crippen LogP contribution in [-0.2, 0) is 0 Å². The number of anilines is 1. The van der Waals surface area contributed by atoms with Gasteiger partial charge in [-0.25, -0.2) is 9.97 Å². The van der Waals surface area contributed by atoms with Gasteiger partial charge >= 0.3 is 0 Å². The van der Waals surface area contributed by atoms with Crippen LogP contribution in [0.15, 0.2) is 6.20 Å². The Hall–Kier alpha value is -1.69. The number of carbonyl (C=O) groups excluding carboxylic acids is 1. The van der Waals surface area contributed by atoms with Gasteiger partial charge in [0.2, 0.25) is 0 Å². The van der Waals surface area contributed by atoms with E-state index in [4.69, 9.17) is 5.73 Å². The van der Waals surface area contributed by atoms with Crippen molar-refractivity contribution in [2.45, 2.75) is 39.2 Å². The van der Waals surface area contributed by atoms with E-state index in [1.807, 2.05) is 13.8 Å². The molecule has 0 aliphatic rings. The second-order valence-electron chi connectivity index (χ2n) is 5.05. The number of aromatic nitrogens is 2. The molecule has 1 amide bonds. The highest BCUT2D eigenvalue weighted by Crippen LogP contribution is 2.15. The van der Waals surface area contributed by atoms with Crippen LogP contribution in [0, 0.1) is 0 Å². The molecule has 1 aromatic heterocycles. The molecule has 0 bridgehead atoms. The van der Waals surface area contributed by atoms with Crippen LogP contribution in [0.1, 0.15) is 49.4 Å². The number of aliphatic hydroxyl groups excluding tert-OH is 1. The Labute approximate surface area is 113 Å². The van der Waals surface area contributed by atoms with E-state index in [1.165, 1.54) is 11.1 Å². The van der Waals surface area contributed by atoms with E-state index in [9.17, 15) is 9.90 Å². The standard InChI is InChI=1S/C13H22N4O2/c1-8(2)12-15-7-10(14)11(16-12)13(19)17(4)6-5-9(3)18/h7-9,18H,5-6,14H2,1-4H3. The van der Waals surface area contributed by atoms with E-state index in [-0.39, 0.29) is 23.2 Å². The summed E-state index contributed by atoms with van der Waals surface area (Å²) in [5.74, 6) is 0.485. The molecule has 0 spiro atoms. The molecule has 1 aromatic rings. The van der Waals surface area contributed by atoms with Crippen LogP contribution in [0.25, 0.3) is 0 Å². The van der Waals surface area contributed by atoms with E-state index >= 15 is 0 Å². The number of carbonyl (C=O) groups is 1. The summed E-state index contributed by atoms with van der Waals surface area (Å²) >= 11 is 0. The third kappa shape index (κ3) is 4.17. The topological polar surface area (TPSA) is 92.3 Å². The minimum Gasteiger partial charge on any atom is -0.396 e. The molecule has 1 heterocycles. The molecule has 1 atom stereocenters. The molecule has 1 rings (SSSR count). The largest absolute Gasteiger partial charge is 0.396 e. The Balaban J connectivity index is 2.89. The fourth-order valence-electron chi connectivity index (χ4n) is 1.52. The summed E-state index contributed by atoms with van der Waals surface area (Å²) in [6.07, 6.45) is 1.55. The van der Waals surface area contributed by atoms with Gasteiger partial charge in [-0.2, -0.15) is 0 Å². The summed E-state index contributed by atoms with van der Waals surface area (Å²) in [5.41, 5.74) is 6.27. The highest BCUT2D eigenvalue weighted by atomic mass is 16.3. The Kier molecular flexibility index (Phi) is 5.23. The number of nitrogen functional groups attached to an aromatic ring is 1. The van der Waals surface area contributed by atoms with E-state index in [0.717, 1.165) is 0 Å². The first-order valence-electron chi connectivity index (χ1n) is 6.38. The van der Waals surface area contributed by atoms with E-state index < -0.39 is 6.10 Å². The van der Waals surface area contributed by atoms with Gasteiger partial charge in [-0.3, -0.25) is 4.79 Å². The van der Waals surface area contributed by atoms with Crippen molar-refractivity contribution >= 4 is 11.6 Å². The molecule has 0 aliphatic carbocycles. The number of nitrogens with zero attached hydrogens (tertiary/aromatic N) is 3. The van der Waals surface area contributed by atoms with Crippen molar-refractivity contribution in [3.8, 4) is 0 Å². The molecule has 0 saturated carbocycles. The lowest BCUT2D eigenvalue weighted by molar-refractivity contribution is 0.0764. The van der Waals surface area contributed by atoms with Crippen molar-refractivity contribution in [1.29, 1.82) is 0 Å². The maximum atomic E-state index is 12.2. The number of nitrogens with two attached hydrogens (primary N) is 1. The van der Waals surface area contributed by atoms with Gasteiger partial charge in [0.05, 0.1) is 18.0 Å². The summed E-state index contributed by atoms with van der Waals surface area (Å²) in [4.78, 5) is 22.1. The SMILES string of the molecule is CC(O)CCN(C)C(=O)c1nc(C(C)C)ncc1N. The smallest absolute Gasteiger partial charge is 0.274 e. The fourth-order valence-corrected chi connectivity index (χ4v) is 1.52. The maximum absolute atomic E-state index is 12.2. The van der Waals surface area contributed by atoms with Crippen molar-refractivity contribution in [3.63, 3.8) is 0 Å². The Morgan fingerprint density at radius 1 is 1.47 bits per heavy atom. The maximum Gasteiger partial charge on any atom is 0.274 e. The average molecular weight is 266 g/mol. The van der Waals surface area contributed by atoms with E-state index in [0.29, 0.717) is 18.8 Å². The number of aliphatic hydroxyl groups is 1. The van der Waals surface area contributed by atoms with Gasteiger partial charge in [0.15, 0.2) is 5.69 Å². The quantitative estimate of drug-likeness (QED) is 0.830. The summed E-state index contributed by atoms with van der Waals surface area (Å²) in [5, 5.41) is 9.24. The van der Waals surface area contributed by atoms with Gasteiger partial charge in [-0.05, 0) is 13.3 Å². The summed E-state index contributed by atoms with van der Waals surface area (Å²) in [7, 11) is 1.67. The van der Waals surface area contributed by atoms with Crippen LogP contribution in [0.5, 0.6) is 0 Å². The summed E-state index contributed by atoms with van der Waals surface area (Å²) < 4.78 is 0. The number of hydrogen-bond acceptors (Lipinski definition) is 5. The first-order valence-corrected chi connectivity index (χ1v) is 6.38. The zero-order chi connectivity index (χ0) is 14.6. The van der Waals surface area contributed by atoms with Crippen molar-refractivity contribution in [1.82, 2.24) is 14.9 Å². The van der Waals surface area contributed by atoms with Crippen LogP contribution >= 0.6 is 0 Å². The highest BCUT2D eigenvalue weighted by Gasteiger charge is 2.18. The third-order valence-corrected chi connectivity index (χ3v) is 2.78. The van der Waals surface area contributed by atoms with Crippen molar-refractivity contribution < 1.29 is 9.90 Å². The van der Waals surface area contributed by atoms with Crippen LogP contribution < -0.4 is 5.73 Å². The van der Waals surface area contributed by atoms with Gasteiger partial charge < -0.3 is 15.7 Å². The molecule has 19 heavy (non-hydrogen) atoms. The fraction of sp³-hybridized carbons (Fsp3) is 0.615. The molecule has 6 nitrogen and oxygen atoms in total. The van der Waals surface area contributed by atoms with Gasteiger partial charge in [0, 0.05) is 19.5 Å². The van der Waals surface area contributed by atoms with Gasteiger partial charge in [0.1, 0.15) is 5.82 Å². The lowest BCUT2D eigenvalue weighted by Gasteiger charge is -2.18. The minimum absolute atomic E-state index is 0.134. The molecule has 0 aromatic carbocycles. The summed E-state index contributed by atoms with van der Waals surface area (Å²) in [6, 6.07) is 0. The molecule has 0 fully saturated rings. The number of rotatable bonds is 5. The Morgan fingerprint density at radius 3 is 2.63 bits per heavy atom. The lowest BCUT2D eigenvalue weighted by atomic mass is 10.2. The Bertz CT molecular complexity index is 446. The Morgan fingerprint density at radius 2 is 2.11 bits per heavy atom. The molecular formula is C13H22N4O2. The van der Waals surface area contributed by atoms with Crippen LogP contribution in [0.2, 0.25) is 0 Å². The molecule has 106 valence electrons. The molecule has 0 aliphatic heterocycles. The second kappa shape index (κ2) is 6.47. The first kappa shape index (κ1) is 15.4. The van der Waals surface area contributed by atoms with Gasteiger partial charge in [-0.1, -0.05) is 13.8 Å². The zero-order valence-corrected chi connectivity index (χ0v) is 11.9. The zero-order valence-electron chi connectivity index (χ0n) is 11.9. The molecular weight excluding hydrogens is 244 g/mol. The second-order valence-corrected chi connectivity index (χ2v) is 5.05. The van der Waals surface area contributed by atoms with Crippen molar-refractivity contribution in [2.24, 2.45) is 0 Å². The summed E-state index contributed by atoms with van der Waals surface area (Å²) in [6.45, 7) is 6.05. The monoisotopic (exact) mass is 266 g/mol. The predicted octanol–water partition coefficient (Wildman–Crippen LogP) is 1.03. The van der Waals surface area contributed by atoms with Crippen molar-refractivity contribution in [3.05, 3.63) is 17.7 Å². The molecule has 1 unspecified atom stereocenters. The first-order chi connectivity index (χ1) is 8.82. The molecule has 6 heteroatoms. The molecule has 0 radical (unpaired) electrons. The molecule has 0 saturated heterocycles. The van der Waals surface area contributed by atoms with E-state index in [1.54, 1.807) is 14.0 Å². The van der Waals surface area contributed by atoms with Crippen LogP contribution in [0.4, 0.5) is 5.69 Å². The average Bonchev–Trinajstić information content (AvgIpc) is 2.35. The normalized spacial score (nSPS) is 12.5. The third-order valence-electron chi connectivity index (χ3n) is 2.78. The number of amides is 1. The lowest BCUT2D eigenvalue weighted by Crippen LogP contribution is -2.31. The van der Waals surface area contributed by atoms with Gasteiger partial charge in [0.25, 0.3) is 5.91 Å².